The molecular formula is C14H16BrNO2S. The Morgan fingerprint density at radius 3 is 2.74 bits per heavy atom. The number of carbonyl (C=O) groups excluding carboxylic acids is 1. The van der Waals surface area contributed by atoms with E-state index in [4.69, 9.17) is 10.5 Å². The predicted molar refractivity (Wildman–Crippen MR) is 83.2 cm³/mol. The van der Waals surface area contributed by atoms with E-state index in [0.717, 1.165) is 27.4 Å². The Labute approximate surface area is 124 Å². The van der Waals surface area contributed by atoms with Gasteiger partial charge in [0.15, 0.2) is 5.75 Å². The predicted octanol–water partition coefficient (Wildman–Crippen LogP) is 4.11. The molecule has 0 bridgehead atoms. The summed E-state index contributed by atoms with van der Waals surface area (Å²) in [7, 11) is 0. The van der Waals surface area contributed by atoms with E-state index in [0.29, 0.717) is 17.2 Å². The molecule has 0 saturated heterocycles. The van der Waals surface area contributed by atoms with E-state index in [1.54, 1.807) is 0 Å². The van der Waals surface area contributed by atoms with E-state index >= 15 is 0 Å². The molecule has 1 aromatic heterocycles. The van der Waals surface area contributed by atoms with Crippen LogP contribution in [0, 0.1) is 0 Å². The first kappa shape index (κ1) is 14.3. The molecule has 0 aliphatic rings. The van der Waals surface area contributed by atoms with Crippen molar-refractivity contribution in [3.8, 4) is 5.75 Å². The van der Waals surface area contributed by atoms with Crippen molar-refractivity contribution in [3.63, 3.8) is 0 Å². The van der Waals surface area contributed by atoms with E-state index in [-0.39, 0.29) is 0 Å². The standard InChI is InChI=1S/C14H16BrNO2S/c1-3-5-8-9(15)6-7-10-11(8)12(18-4-2)13(19-10)14(16)17/h6-7H,3-5H2,1-2H3,(H2,16,17). The average molecular weight is 342 g/mol. The Balaban J connectivity index is 2.78. The smallest absolute Gasteiger partial charge is 0.262 e. The monoisotopic (exact) mass is 341 g/mol. The molecule has 0 spiro atoms. The fourth-order valence-corrected chi connectivity index (χ4v) is 3.70. The number of primary amides is 1. The van der Waals surface area contributed by atoms with Gasteiger partial charge < -0.3 is 10.5 Å². The van der Waals surface area contributed by atoms with Gasteiger partial charge in [-0.25, -0.2) is 0 Å². The first-order valence-corrected chi connectivity index (χ1v) is 7.87. The highest BCUT2D eigenvalue weighted by Crippen LogP contribution is 2.42. The molecule has 0 fully saturated rings. The van der Waals surface area contributed by atoms with Crippen molar-refractivity contribution in [1.82, 2.24) is 0 Å². The molecule has 102 valence electrons. The Hall–Kier alpha value is -1.07. The van der Waals surface area contributed by atoms with Crippen LogP contribution in [0.4, 0.5) is 0 Å². The Morgan fingerprint density at radius 1 is 1.42 bits per heavy atom. The van der Waals surface area contributed by atoms with Crippen molar-refractivity contribution in [2.24, 2.45) is 5.73 Å². The van der Waals surface area contributed by atoms with Gasteiger partial charge in [0.2, 0.25) is 0 Å². The van der Waals surface area contributed by atoms with Crippen LogP contribution in [0.1, 0.15) is 35.5 Å². The first-order chi connectivity index (χ1) is 9.10. The van der Waals surface area contributed by atoms with Gasteiger partial charge >= 0.3 is 0 Å². The highest BCUT2D eigenvalue weighted by Gasteiger charge is 2.21. The maximum Gasteiger partial charge on any atom is 0.262 e. The van der Waals surface area contributed by atoms with Gasteiger partial charge in [0.1, 0.15) is 4.88 Å². The number of fused-ring (bicyclic) bond motifs is 1. The number of halogens is 1. The second-order valence-electron chi connectivity index (χ2n) is 4.21. The summed E-state index contributed by atoms with van der Waals surface area (Å²) >= 11 is 4.98. The molecule has 0 unspecified atom stereocenters. The van der Waals surface area contributed by atoms with Crippen molar-refractivity contribution in [2.75, 3.05) is 6.61 Å². The van der Waals surface area contributed by atoms with Crippen molar-refractivity contribution >= 4 is 43.3 Å². The maximum absolute atomic E-state index is 11.6. The average Bonchev–Trinajstić information content (AvgIpc) is 2.73. The quantitative estimate of drug-likeness (QED) is 0.889. The second-order valence-corrected chi connectivity index (χ2v) is 6.11. The number of rotatable bonds is 5. The Morgan fingerprint density at radius 2 is 2.16 bits per heavy atom. The zero-order valence-corrected chi connectivity index (χ0v) is 13.4. The van der Waals surface area contributed by atoms with Gasteiger partial charge in [0, 0.05) is 14.6 Å². The minimum Gasteiger partial charge on any atom is -0.491 e. The number of benzene rings is 1. The Bertz CT molecular complexity index is 621. The number of hydrogen-bond donors (Lipinski definition) is 1. The summed E-state index contributed by atoms with van der Waals surface area (Å²) in [5.74, 6) is 0.211. The van der Waals surface area contributed by atoms with E-state index in [1.165, 1.54) is 16.9 Å². The zero-order valence-electron chi connectivity index (χ0n) is 11.0. The molecule has 3 nitrogen and oxygen atoms in total. The number of hydrogen-bond acceptors (Lipinski definition) is 3. The summed E-state index contributed by atoms with van der Waals surface area (Å²) in [5.41, 5.74) is 6.64. The summed E-state index contributed by atoms with van der Waals surface area (Å²) in [6, 6.07) is 4.02. The topological polar surface area (TPSA) is 52.3 Å². The zero-order chi connectivity index (χ0) is 14.0. The molecule has 0 radical (unpaired) electrons. The van der Waals surface area contributed by atoms with Crippen molar-refractivity contribution in [2.45, 2.75) is 26.7 Å². The van der Waals surface area contributed by atoms with Gasteiger partial charge in [-0.2, -0.15) is 0 Å². The number of nitrogens with two attached hydrogens (primary N) is 1. The Kier molecular flexibility index (Phi) is 4.47. The van der Waals surface area contributed by atoms with Gasteiger partial charge in [-0.1, -0.05) is 29.3 Å². The lowest BCUT2D eigenvalue weighted by Crippen LogP contribution is -2.10. The molecule has 1 amide bonds. The molecule has 1 aromatic carbocycles. The molecule has 0 atom stereocenters. The van der Waals surface area contributed by atoms with Gasteiger partial charge in [-0.3, -0.25) is 4.79 Å². The number of ether oxygens (including phenoxy) is 1. The molecule has 5 heteroatoms. The lowest BCUT2D eigenvalue weighted by molar-refractivity contribution is 0.100. The lowest BCUT2D eigenvalue weighted by atomic mass is 10.0. The van der Waals surface area contributed by atoms with Crippen LogP contribution in [-0.2, 0) is 6.42 Å². The van der Waals surface area contributed by atoms with Crippen LogP contribution < -0.4 is 10.5 Å². The van der Waals surface area contributed by atoms with Crippen LogP contribution in [0.15, 0.2) is 16.6 Å². The highest BCUT2D eigenvalue weighted by molar-refractivity contribution is 9.10. The molecule has 0 aliphatic carbocycles. The molecule has 0 aliphatic heterocycles. The van der Waals surface area contributed by atoms with Gasteiger partial charge in [0.25, 0.3) is 5.91 Å². The maximum atomic E-state index is 11.6. The third-order valence-electron chi connectivity index (χ3n) is 2.88. The third-order valence-corrected chi connectivity index (χ3v) is 4.77. The van der Waals surface area contributed by atoms with Crippen LogP contribution >= 0.6 is 27.3 Å². The van der Waals surface area contributed by atoms with Gasteiger partial charge in [0.05, 0.1) is 6.61 Å². The SMILES string of the molecule is CCCc1c(Br)ccc2sc(C(N)=O)c(OCC)c12. The largest absolute Gasteiger partial charge is 0.491 e. The summed E-state index contributed by atoms with van der Waals surface area (Å²) in [6.07, 6.45) is 1.97. The molecule has 2 rings (SSSR count). The molecule has 19 heavy (non-hydrogen) atoms. The number of amides is 1. The fourth-order valence-electron chi connectivity index (χ4n) is 2.14. The summed E-state index contributed by atoms with van der Waals surface area (Å²) in [5, 5.41) is 1.02. The van der Waals surface area contributed by atoms with E-state index < -0.39 is 5.91 Å². The second kappa shape index (κ2) is 5.92. The third kappa shape index (κ3) is 2.62. The highest BCUT2D eigenvalue weighted by atomic mass is 79.9. The molecule has 2 aromatic rings. The van der Waals surface area contributed by atoms with Crippen LogP contribution in [0.2, 0.25) is 0 Å². The van der Waals surface area contributed by atoms with Crippen LogP contribution in [0.5, 0.6) is 5.75 Å². The van der Waals surface area contributed by atoms with E-state index in [9.17, 15) is 4.79 Å². The van der Waals surface area contributed by atoms with Crippen molar-refractivity contribution in [3.05, 3.63) is 27.0 Å². The van der Waals surface area contributed by atoms with Gasteiger partial charge in [-0.05, 0) is 31.0 Å². The van der Waals surface area contributed by atoms with E-state index in [2.05, 4.69) is 22.9 Å². The van der Waals surface area contributed by atoms with Crippen molar-refractivity contribution in [1.29, 1.82) is 0 Å². The van der Waals surface area contributed by atoms with Crippen LogP contribution in [0.3, 0.4) is 0 Å². The fraction of sp³-hybridized carbons (Fsp3) is 0.357. The number of carbonyl (C=O) groups is 1. The molecular weight excluding hydrogens is 326 g/mol. The summed E-state index contributed by atoms with van der Waals surface area (Å²) in [4.78, 5) is 12.1. The minimum absolute atomic E-state index is 0.428. The van der Waals surface area contributed by atoms with Gasteiger partial charge in [-0.15, -0.1) is 11.3 Å². The summed E-state index contributed by atoms with van der Waals surface area (Å²) in [6.45, 7) is 4.56. The molecule has 0 saturated carbocycles. The molecule has 1 heterocycles. The lowest BCUT2D eigenvalue weighted by Gasteiger charge is -2.09. The number of thiophene rings is 1. The molecule has 2 N–H and O–H groups in total. The van der Waals surface area contributed by atoms with Crippen LogP contribution in [0.25, 0.3) is 10.1 Å². The summed E-state index contributed by atoms with van der Waals surface area (Å²) < 4.78 is 7.78. The van der Waals surface area contributed by atoms with Crippen LogP contribution in [-0.4, -0.2) is 12.5 Å². The minimum atomic E-state index is -0.428. The normalized spacial score (nSPS) is 10.9. The number of aryl methyl sites for hydroxylation is 1. The van der Waals surface area contributed by atoms with E-state index in [1.807, 2.05) is 19.1 Å². The first-order valence-electron chi connectivity index (χ1n) is 6.26. The van der Waals surface area contributed by atoms with Crippen molar-refractivity contribution < 1.29 is 9.53 Å².